The van der Waals surface area contributed by atoms with Crippen molar-refractivity contribution in [3.63, 3.8) is 0 Å². The van der Waals surface area contributed by atoms with Crippen LogP contribution in [-0.2, 0) is 0 Å². The summed E-state index contributed by atoms with van der Waals surface area (Å²) in [5.41, 5.74) is 6.39. The molecular formula is C35H43N7O2. The van der Waals surface area contributed by atoms with Crippen LogP contribution in [0, 0.1) is 19.8 Å². The second kappa shape index (κ2) is 12.4. The van der Waals surface area contributed by atoms with E-state index in [1.165, 1.54) is 18.4 Å². The van der Waals surface area contributed by atoms with Crippen molar-refractivity contribution in [2.24, 2.45) is 5.92 Å². The third-order valence-electron chi connectivity index (χ3n) is 9.01. The molecule has 4 heterocycles. The number of likely N-dealkylation sites (tertiary alicyclic amines) is 1. The van der Waals surface area contributed by atoms with E-state index in [-0.39, 0.29) is 12.0 Å². The maximum Gasteiger partial charge on any atom is 0.229 e. The first-order valence-corrected chi connectivity index (χ1v) is 15.5. The number of piperidine rings is 1. The second-order valence-electron chi connectivity index (χ2n) is 12.4. The van der Waals surface area contributed by atoms with Crippen LogP contribution in [0.2, 0.25) is 0 Å². The van der Waals surface area contributed by atoms with Crippen molar-refractivity contribution in [2.75, 3.05) is 42.4 Å². The number of nitrogens with zero attached hydrogens (tertiary/aromatic N) is 6. The van der Waals surface area contributed by atoms with Crippen LogP contribution >= 0.6 is 0 Å². The highest BCUT2D eigenvalue weighted by Gasteiger charge is 2.43. The zero-order chi connectivity index (χ0) is 31.0. The average molecular weight is 594 g/mol. The predicted octanol–water partition coefficient (Wildman–Crippen LogP) is 6.68. The number of ether oxygens (including phenoxy) is 1. The minimum absolute atomic E-state index is 0.155. The summed E-state index contributed by atoms with van der Waals surface area (Å²) in [5.74, 6) is 3.04. The average Bonchev–Trinajstić information content (AvgIpc) is 3.02. The Kier molecular flexibility index (Phi) is 8.42. The smallest absolute Gasteiger partial charge is 0.229 e. The molecule has 1 saturated heterocycles. The van der Waals surface area contributed by atoms with E-state index in [2.05, 4.69) is 91.2 Å². The summed E-state index contributed by atoms with van der Waals surface area (Å²) in [6, 6.07) is 18.4. The Morgan fingerprint density at radius 1 is 0.932 bits per heavy atom. The first-order chi connectivity index (χ1) is 21.2. The van der Waals surface area contributed by atoms with Crippen molar-refractivity contribution in [1.82, 2.24) is 19.9 Å². The summed E-state index contributed by atoms with van der Waals surface area (Å²) in [4.78, 5) is 20.8. The summed E-state index contributed by atoms with van der Waals surface area (Å²) in [6.45, 7) is 10.8. The lowest BCUT2D eigenvalue weighted by Gasteiger charge is -2.49. The van der Waals surface area contributed by atoms with Crippen LogP contribution in [0.4, 0.5) is 29.0 Å². The standard InChI is InChI=1S/C35H43N7O2/c1-22(2)31-29-21-37-34(38-27-12-10-25(11-13-27)26-16-18-40(5)19-17-26)39-33(29)41(30-15-14-28(44-6)20-36-30)35(43)42(31)32-23(3)8-7-9-24(32)4/h7-15,20-22,26,31,35,43H,16-19H2,1-6H3,(H,37,38,39). The molecule has 0 amide bonds. The minimum atomic E-state index is -1.06. The Morgan fingerprint density at radius 3 is 2.25 bits per heavy atom. The van der Waals surface area contributed by atoms with E-state index >= 15 is 0 Å². The van der Waals surface area contributed by atoms with Gasteiger partial charge in [-0.2, -0.15) is 4.98 Å². The van der Waals surface area contributed by atoms with Crippen LogP contribution in [0.1, 0.15) is 60.9 Å². The number of hydrogen-bond donors (Lipinski definition) is 2. The molecule has 44 heavy (non-hydrogen) atoms. The highest BCUT2D eigenvalue weighted by atomic mass is 16.5. The lowest BCUT2D eigenvalue weighted by atomic mass is 9.89. The number of methoxy groups -OCH3 is 1. The number of anilines is 5. The number of aliphatic hydroxyl groups is 1. The molecule has 0 bridgehead atoms. The molecule has 1 fully saturated rings. The number of nitrogens with one attached hydrogen (secondary N) is 1. The predicted molar refractivity (Wildman–Crippen MR) is 176 cm³/mol. The first kappa shape index (κ1) is 29.8. The van der Waals surface area contributed by atoms with E-state index < -0.39 is 6.35 Å². The van der Waals surface area contributed by atoms with E-state index in [4.69, 9.17) is 14.7 Å². The van der Waals surface area contributed by atoms with Crippen molar-refractivity contribution in [2.45, 2.75) is 58.8 Å². The maximum atomic E-state index is 12.2. The molecule has 2 aliphatic heterocycles. The highest BCUT2D eigenvalue weighted by molar-refractivity contribution is 5.72. The fraction of sp³-hybridized carbons (Fsp3) is 0.400. The van der Waals surface area contributed by atoms with E-state index in [0.29, 0.717) is 29.3 Å². The van der Waals surface area contributed by atoms with Gasteiger partial charge in [0.2, 0.25) is 12.3 Å². The molecule has 9 nitrogen and oxygen atoms in total. The fourth-order valence-corrected chi connectivity index (χ4v) is 6.69. The van der Waals surface area contributed by atoms with Gasteiger partial charge in [0.25, 0.3) is 0 Å². The lowest BCUT2D eigenvalue weighted by Crippen LogP contribution is -2.54. The number of aromatic nitrogens is 3. The van der Waals surface area contributed by atoms with E-state index in [9.17, 15) is 5.11 Å². The van der Waals surface area contributed by atoms with Crippen molar-refractivity contribution >= 4 is 29.0 Å². The van der Waals surface area contributed by atoms with Crippen LogP contribution in [0.5, 0.6) is 5.75 Å². The van der Waals surface area contributed by atoms with Crippen LogP contribution in [0.3, 0.4) is 0 Å². The number of hydrogen-bond acceptors (Lipinski definition) is 9. The van der Waals surface area contributed by atoms with Crippen molar-refractivity contribution in [3.05, 3.63) is 89.2 Å². The van der Waals surface area contributed by atoms with Crippen LogP contribution in [0.25, 0.3) is 0 Å². The van der Waals surface area contributed by atoms with Crippen LogP contribution in [-0.4, -0.2) is 58.6 Å². The Labute approximate surface area is 260 Å². The van der Waals surface area contributed by atoms with E-state index in [1.54, 1.807) is 18.2 Å². The monoisotopic (exact) mass is 593 g/mol. The zero-order valence-corrected chi connectivity index (χ0v) is 26.5. The fourth-order valence-electron chi connectivity index (χ4n) is 6.69. The van der Waals surface area contributed by atoms with Gasteiger partial charge < -0.3 is 25.0 Å². The third kappa shape index (κ3) is 5.69. The molecule has 6 rings (SSSR count). The molecule has 2 unspecified atom stereocenters. The zero-order valence-electron chi connectivity index (χ0n) is 26.5. The molecule has 2 aromatic heterocycles. The van der Waals surface area contributed by atoms with Gasteiger partial charge in [0.1, 0.15) is 17.4 Å². The number of rotatable bonds is 7. The maximum absolute atomic E-state index is 12.2. The number of para-hydroxylation sites is 1. The van der Waals surface area contributed by atoms with Gasteiger partial charge in [-0.15, -0.1) is 0 Å². The van der Waals surface area contributed by atoms with E-state index in [0.717, 1.165) is 41.2 Å². The molecule has 2 atom stereocenters. The summed E-state index contributed by atoms with van der Waals surface area (Å²) in [6.07, 6.45) is 4.86. The quantitative estimate of drug-likeness (QED) is 0.244. The number of aliphatic hydroxyl groups excluding tert-OH is 1. The van der Waals surface area contributed by atoms with Gasteiger partial charge in [-0.05, 0) is 99.6 Å². The number of fused-ring (bicyclic) bond motifs is 1. The molecule has 230 valence electrons. The normalized spacial score (nSPS) is 19.3. The molecule has 0 radical (unpaired) electrons. The minimum Gasteiger partial charge on any atom is -0.495 e. The third-order valence-corrected chi connectivity index (χ3v) is 9.01. The topological polar surface area (TPSA) is 89.9 Å². The molecule has 2 aromatic carbocycles. The SMILES string of the molecule is COc1ccc(N2c3nc(Nc4ccc(C5CCN(C)CC5)cc4)ncc3C(C(C)C)N(c3c(C)cccc3C)C2O)nc1. The van der Waals surface area contributed by atoms with Crippen LogP contribution in [0.15, 0.2) is 67.0 Å². The van der Waals surface area contributed by atoms with Crippen molar-refractivity contribution < 1.29 is 9.84 Å². The highest BCUT2D eigenvalue weighted by Crippen LogP contribution is 2.47. The summed E-state index contributed by atoms with van der Waals surface area (Å²) in [7, 11) is 3.81. The largest absolute Gasteiger partial charge is 0.495 e. The number of benzene rings is 2. The Morgan fingerprint density at radius 2 is 1.64 bits per heavy atom. The first-order valence-electron chi connectivity index (χ1n) is 15.5. The Balaban J connectivity index is 1.39. The Hall–Kier alpha value is -4.21. The summed E-state index contributed by atoms with van der Waals surface area (Å²) in [5, 5.41) is 15.6. The molecule has 0 aliphatic carbocycles. The summed E-state index contributed by atoms with van der Waals surface area (Å²) >= 11 is 0. The van der Waals surface area contributed by atoms with Crippen LogP contribution < -0.4 is 19.9 Å². The van der Waals surface area contributed by atoms with Gasteiger partial charge in [0.15, 0.2) is 0 Å². The lowest BCUT2D eigenvalue weighted by molar-refractivity contribution is 0.145. The van der Waals surface area contributed by atoms with Gasteiger partial charge in [-0.1, -0.05) is 44.2 Å². The molecule has 0 spiro atoms. The van der Waals surface area contributed by atoms with E-state index in [1.807, 2.05) is 24.4 Å². The van der Waals surface area contributed by atoms with Gasteiger partial charge >= 0.3 is 0 Å². The molecule has 0 saturated carbocycles. The molecule has 2 aliphatic rings. The molecule has 4 aromatic rings. The van der Waals surface area contributed by atoms with Gasteiger partial charge in [0, 0.05) is 23.1 Å². The van der Waals surface area contributed by atoms with Gasteiger partial charge in [0.05, 0.1) is 19.3 Å². The second-order valence-corrected chi connectivity index (χ2v) is 12.4. The van der Waals surface area contributed by atoms with Crippen molar-refractivity contribution in [3.8, 4) is 5.75 Å². The van der Waals surface area contributed by atoms with Crippen molar-refractivity contribution in [1.29, 1.82) is 0 Å². The molecule has 9 heteroatoms. The number of pyridine rings is 1. The number of aryl methyl sites for hydroxylation is 2. The molecular weight excluding hydrogens is 550 g/mol. The molecule has 2 N–H and O–H groups in total. The summed E-state index contributed by atoms with van der Waals surface area (Å²) < 4.78 is 5.37. The Bertz CT molecular complexity index is 1560. The van der Waals surface area contributed by atoms with Gasteiger partial charge in [-0.25, -0.2) is 9.97 Å². The van der Waals surface area contributed by atoms with Gasteiger partial charge in [-0.3, -0.25) is 4.90 Å².